The van der Waals surface area contributed by atoms with E-state index in [4.69, 9.17) is 14.7 Å². The summed E-state index contributed by atoms with van der Waals surface area (Å²) >= 11 is 1.49. The number of amides is 1. The summed E-state index contributed by atoms with van der Waals surface area (Å²) in [4.78, 5) is 40.7. The second-order valence-electron chi connectivity index (χ2n) is 10.6. The van der Waals surface area contributed by atoms with Gasteiger partial charge in [0.25, 0.3) is 5.56 Å². The molecule has 9 nitrogen and oxygen atoms in total. The second kappa shape index (κ2) is 10.2. The fourth-order valence-corrected chi connectivity index (χ4v) is 5.85. The van der Waals surface area contributed by atoms with Crippen LogP contribution in [0, 0.1) is 0 Å². The third-order valence-corrected chi connectivity index (χ3v) is 7.64. The van der Waals surface area contributed by atoms with Crippen molar-refractivity contribution in [3.63, 3.8) is 0 Å². The van der Waals surface area contributed by atoms with E-state index in [-0.39, 0.29) is 23.6 Å². The molecule has 1 amide bonds. The maximum absolute atomic E-state index is 13.5. The number of nitrogens with zero attached hydrogens (tertiary/aromatic N) is 3. The zero-order valence-corrected chi connectivity index (χ0v) is 21.9. The molecule has 0 bridgehead atoms. The summed E-state index contributed by atoms with van der Waals surface area (Å²) in [5.74, 6) is 1.46. The number of H-pyrrole nitrogens is 1. The monoisotopic (exact) mass is 510 g/mol. The van der Waals surface area contributed by atoms with Crippen molar-refractivity contribution in [2.75, 3.05) is 31.5 Å². The highest BCUT2D eigenvalue weighted by Gasteiger charge is 2.30. The van der Waals surface area contributed by atoms with E-state index < -0.39 is 5.60 Å². The van der Waals surface area contributed by atoms with Crippen molar-refractivity contribution < 1.29 is 9.53 Å². The SMILES string of the molecule is CC(C)(C)OC(=O)N1CCCC(Nc2nc(C3CCNCC3)[nH]c(=O)c2-c2nc3ccccc3s2)C1. The minimum absolute atomic E-state index is 0.0467. The van der Waals surface area contributed by atoms with Crippen LogP contribution in [0.15, 0.2) is 29.1 Å². The highest BCUT2D eigenvalue weighted by molar-refractivity contribution is 7.21. The number of hydrogen-bond donors (Lipinski definition) is 3. The first-order valence-corrected chi connectivity index (χ1v) is 13.5. The third-order valence-electron chi connectivity index (χ3n) is 6.59. The molecule has 0 aliphatic carbocycles. The van der Waals surface area contributed by atoms with Crippen LogP contribution >= 0.6 is 11.3 Å². The number of fused-ring (bicyclic) bond motifs is 1. The Hall–Kier alpha value is -2.98. The molecule has 2 aliphatic rings. The van der Waals surface area contributed by atoms with Gasteiger partial charge in [-0.3, -0.25) is 4.79 Å². The first-order chi connectivity index (χ1) is 17.3. The van der Waals surface area contributed by atoms with Gasteiger partial charge in [-0.25, -0.2) is 14.8 Å². The van der Waals surface area contributed by atoms with Crippen LogP contribution in [0.25, 0.3) is 20.8 Å². The molecule has 1 aromatic carbocycles. The van der Waals surface area contributed by atoms with Gasteiger partial charge in [0, 0.05) is 25.0 Å². The summed E-state index contributed by atoms with van der Waals surface area (Å²) in [5.41, 5.74) is 0.595. The van der Waals surface area contributed by atoms with Gasteiger partial charge < -0.3 is 25.3 Å². The number of anilines is 1. The van der Waals surface area contributed by atoms with Crippen LogP contribution in [0.2, 0.25) is 0 Å². The summed E-state index contributed by atoms with van der Waals surface area (Å²) in [7, 11) is 0. The normalized spacial score (nSPS) is 19.4. The summed E-state index contributed by atoms with van der Waals surface area (Å²) < 4.78 is 6.62. The predicted molar refractivity (Wildman–Crippen MR) is 143 cm³/mol. The Kier molecular flexibility index (Phi) is 6.98. The summed E-state index contributed by atoms with van der Waals surface area (Å²) in [6, 6.07) is 7.83. The molecule has 36 heavy (non-hydrogen) atoms. The second-order valence-corrected chi connectivity index (χ2v) is 11.6. The average molecular weight is 511 g/mol. The Bertz CT molecular complexity index is 1260. The Morgan fingerprint density at radius 3 is 2.69 bits per heavy atom. The minimum atomic E-state index is -0.546. The summed E-state index contributed by atoms with van der Waals surface area (Å²) in [6.45, 7) is 8.58. The largest absolute Gasteiger partial charge is 0.444 e. The maximum atomic E-state index is 13.5. The molecule has 10 heteroatoms. The van der Waals surface area contributed by atoms with Crippen molar-refractivity contribution in [2.24, 2.45) is 0 Å². The first-order valence-electron chi connectivity index (χ1n) is 12.7. The van der Waals surface area contributed by atoms with E-state index in [9.17, 15) is 9.59 Å². The van der Waals surface area contributed by atoms with Crippen LogP contribution in [0.3, 0.4) is 0 Å². The minimum Gasteiger partial charge on any atom is -0.444 e. The van der Waals surface area contributed by atoms with E-state index in [0.717, 1.165) is 49.0 Å². The molecule has 1 unspecified atom stereocenters. The van der Waals surface area contributed by atoms with Crippen molar-refractivity contribution in [1.29, 1.82) is 0 Å². The molecular formula is C26H34N6O3S. The Morgan fingerprint density at radius 1 is 1.17 bits per heavy atom. The molecule has 0 saturated carbocycles. The summed E-state index contributed by atoms with van der Waals surface area (Å²) in [5, 5.41) is 7.54. The molecule has 2 fully saturated rings. The number of thiazole rings is 1. The molecule has 0 radical (unpaired) electrons. The van der Waals surface area contributed by atoms with E-state index in [1.807, 2.05) is 45.0 Å². The average Bonchev–Trinajstić information content (AvgIpc) is 3.27. The van der Waals surface area contributed by atoms with Gasteiger partial charge in [0.15, 0.2) is 0 Å². The molecule has 4 heterocycles. The van der Waals surface area contributed by atoms with Crippen LogP contribution in [0.1, 0.15) is 58.2 Å². The molecule has 2 aromatic heterocycles. The van der Waals surface area contributed by atoms with Gasteiger partial charge >= 0.3 is 6.09 Å². The molecule has 192 valence electrons. The molecule has 3 aromatic rings. The van der Waals surface area contributed by atoms with Gasteiger partial charge in [0.05, 0.1) is 10.2 Å². The van der Waals surface area contributed by atoms with Crippen LogP contribution in [0.5, 0.6) is 0 Å². The lowest BCUT2D eigenvalue weighted by atomic mass is 9.97. The molecule has 2 aliphatic heterocycles. The van der Waals surface area contributed by atoms with Gasteiger partial charge in [-0.15, -0.1) is 11.3 Å². The number of para-hydroxylation sites is 1. The number of likely N-dealkylation sites (tertiary alicyclic amines) is 1. The van der Waals surface area contributed by atoms with Gasteiger partial charge in [-0.1, -0.05) is 12.1 Å². The first kappa shape index (κ1) is 24.7. The van der Waals surface area contributed by atoms with Crippen molar-refractivity contribution >= 4 is 33.5 Å². The number of carbonyl (C=O) groups excluding carboxylic acids is 1. The van der Waals surface area contributed by atoms with Crippen LogP contribution < -0.4 is 16.2 Å². The number of aromatic nitrogens is 3. The van der Waals surface area contributed by atoms with E-state index >= 15 is 0 Å². The fourth-order valence-electron chi connectivity index (χ4n) is 4.84. The number of piperidine rings is 2. The molecule has 2 saturated heterocycles. The van der Waals surface area contributed by atoms with Gasteiger partial charge in [0.1, 0.15) is 27.8 Å². The number of nitrogens with one attached hydrogen (secondary N) is 3. The maximum Gasteiger partial charge on any atom is 0.410 e. The Labute approximate surface area is 214 Å². The van der Waals surface area contributed by atoms with Crippen LogP contribution in [-0.2, 0) is 4.74 Å². The molecular weight excluding hydrogens is 476 g/mol. The Morgan fingerprint density at radius 2 is 1.94 bits per heavy atom. The highest BCUT2D eigenvalue weighted by atomic mass is 32.1. The number of aromatic amines is 1. The zero-order valence-electron chi connectivity index (χ0n) is 21.1. The lowest BCUT2D eigenvalue weighted by molar-refractivity contribution is 0.0206. The Balaban J connectivity index is 1.47. The zero-order chi connectivity index (χ0) is 25.3. The lowest BCUT2D eigenvalue weighted by Gasteiger charge is -2.35. The number of ether oxygens (including phenoxy) is 1. The van der Waals surface area contributed by atoms with E-state index in [1.54, 1.807) is 4.90 Å². The molecule has 3 N–H and O–H groups in total. The fraction of sp³-hybridized carbons (Fsp3) is 0.538. The number of carbonyl (C=O) groups is 1. The predicted octanol–water partition coefficient (Wildman–Crippen LogP) is 4.33. The van der Waals surface area contributed by atoms with Gasteiger partial charge in [-0.05, 0) is 71.7 Å². The summed E-state index contributed by atoms with van der Waals surface area (Å²) in [6.07, 6.45) is 3.26. The van der Waals surface area contributed by atoms with Gasteiger partial charge in [0.2, 0.25) is 0 Å². The molecule has 5 rings (SSSR count). The van der Waals surface area contributed by atoms with E-state index in [1.165, 1.54) is 11.3 Å². The van der Waals surface area contributed by atoms with Crippen molar-refractivity contribution in [2.45, 2.75) is 64.0 Å². The van der Waals surface area contributed by atoms with Crippen LogP contribution in [-0.4, -0.2) is 63.8 Å². The third kappa shape index (κ3) is 5.54. The lowest BCUT2D eigenvalue weighted by Crippen LogP contribution is -2.47. The van der Waals surface area contributed by atoms with E-state index in [0.29, 0.717) is 35.3 Å². The molecule has 0 spiro atoms. The molecule has 1 atom stereocenters. The van der Waals surface area contributed by atoms with Gasteiger partial charge in [-0.2, -0.15) is 0 Å². The topological polar surface area (TPSA) is 112 Å². The smallest absolute Gasteiger partial charge is 0.410 e. The van der Waals surface area contributed by atoms with Crippen molar-refractivity contribution in [1.82, 2.24) is 25.2 Å². The highest BCUT2D eigenvalue weighted by Crippen LogP contribution is 2.33. The number of benzene rings is 1. The van der Waals surface area contributed by atoms with E-state index in [2.05, 4.69) is 15.6 Å². The van der Waals surface area contributed by atoms with Crippen molar-refractivity contribution in [3.8, 4) is 10.6 Å². The quantitative estimate of drug-likeness (QED) is 0.479. The van der Waals surface area contributed by atoms with Crippen LogP contribution in [0.4, 0.5) is 10.6 Å². The number of rotatable bonds is 4. The standard InChI is InChI=1S/C26H34N6O3S/c1-26(2,3)35-25(34)32-14-6-7-17(15-32)28-22-20(24-29-18-8-4-5-9-19(18)36-24)23(33)31-21(30-22)16-10-12-27-13-11-16/h4-5,8-9,16-17,27H,6-7,10-15H2,1-3H3,(H2,28,30,31,33). The number of hydrogen-bond acceptors (Lipinski definition) is 8. The van der Waals surface area contributed by atoms with Crippen molar-refractivity contribution in [3.05, 3.63) is 40.4 Å².